The molecule has 0 aromatic heterocycles. The SMILES string of the molecule is CC1CCCC(CNc2c(Cl)cc(N)cc2C(N)=O)C1. The zero-order valence-electron chi connectivity index (χ0n) is 11.8. The fraction of sp³-hybridized carbons (Fsp3) is 0.533. The summed E-state index contributed by atoms with van der Waals surface area (Å²) in [6.45, 7) is 3.10. The smallest absolute Gasteiger partial charge is 0.250 e. The van der Waals surface area contributed by atoms with Crippen LogP contribution in [0.15, 0.2) is 12.1 Å². The maximum atomic E-state index is 11.5. The molecule has 0 bridgehead atoms. The summed E-state index contributed by atoms with van der Waals surface area (Å²) in [6.07, 6.45) is 5.01. The molecule has 1 amide bonds. The van der Waals surface area contributed by atoms with Crippen LogP contribution in [0.5, 0.6) is 0 Å². The van der Waals surface area contributed by atoms with Gasteiger partial charge in [-0.1, -0.05) is 31.4 Å². The summed E-state index contributed by atoms with van der Waals surface area (Å²) in [5.41, 5.74) is 12.5. The zero-order chi connectivity index (χ0) is 14.7. The number of anilines is 2. The molecule has 0 spiro atoms. The van der Waals surface area contributed by atoms with E-state index in [1.54, 1.807) is 12.1 Å². The van der Waals surface area contributed by atoms with Crippen molar-refractivity contribution in [2.45, 2.75) is 32.6 Å². The van der Waals surface area contributed by atoms with Crippen LogP contribution in [0, 0.1) is 11.8 Å². The van der Waals surface area contributed by atoms with E-state index in [1.807, 2.05) is 0 Å². The van der Waals surface area contributed by atoms with Gasteiger partial charge < -0.3 is 16.8 Å². The molecule has 4 nitrogen and oxygen atoms in total. The molecule has 1 aliphatic carbocycles. The van der Waals surface area contributed by atoms with Gasteiger partial charge in [0.25, 0.3) is 5.91 Å². The fourth-order valence-corrected chi connectivity index (χ4v) is 3.29. The maximum Gasteiger partial charge on any atom is 0.250 e. The third kappa shape index (κ3) is 3.57. The highest BCUT2D eigenvalue weighted by atomic mass is 35.5. The van der Waals surface area contributed by atoms with Crippen molar-refractivity contribution in [2.24, 2.45) is 17.6 Å². The van der Waals surface area contributed by atoms with Crippen molar-refractivity contribution in [1.29, 1.82) is 0 Å². The minimum absolute atomic E-state index is 0.360. The molecule has 2 atom stereocenters. The Hall–Kier alpha value is -1.42. The monoisotopic (exact) mass is 295 g/mol. The van der Waals surface area contributed by atoms with Gasteiger partial charge in [0.2, 0.25) is 0 Å². The molecule has 0 aliphatic heterocycles. The highest BCUT2D eigenvalue weighted by molar-refractivity contribution is 6.34. The molecule has 2 rings (SSSR count). The van der Waals surface area contributed by atoms with Crippen molar-refractivity contribution < 1.29 is 4.79 Å². The minimum atomic E-state index is -0.515. The first-order chi connectivity index (χ1) is 9.47. The van der Waals surface area contributed by atoms with Crippen molar-refractivity contribution in [3.05, 3.63) is 22.7 Å². The summed E-state index contributed by atoms with van der Waals surface area (Å²) in [4.78, 5) is 11.5. The molecule has 110 valence electrons. The molecule has 20 heavy (non-hydrogen) atoms. The Morgan fingerprint density at radius 2 is 2.20 bits per heavy atom. The minimum Gasteiger partial charge on any atom is -0.399 e. The molecule has 0 heterocycles. The predicted molar refractivity (Wildman–Crippen MR) is 84.0 cm³/mol. The summed E-state index contributed by atoms with van der Waals surface area (Å²) in [5.74, 6) is 0.875. The molecular weight excluding hydrogens is 274 g/mol. The second kappa shape index (κ2) is 6.35. The Morgan fingerprint density at radius 3 is 2.85 bits per heavy atom. The van der Waals surface area contributed by atoms with Crippen LogP contribution < -0.4 is 16.8 Å². The molecule has 0 radical (unpaired) electrons. The van der Waals surface area contributed by atoms with Gasteiger partial charge in [0.1, 0.15) is 0 Å². The Balaban J connectivity index is 2.10. The molecule has 5 N–H and O–H groups in total. The first-order valence-corrected chi connectivity index (χ1v) is 7.48. The Morgan fingerprint density at radius 1 is 1.45 bits per heavy atom. The number of rotatable bonds is 4. The van der Waals surface area contributed by atoms with Crippen LogP contribution >= 0.6 is 11.6 Å². The third-order valence-electron chi connectivity index (χ3n) is 3.99. The lowest BCUT2D eigenvalue weighted by molar-refractivity contribution is 0.100. The number of nitrogens with two attached hydrogens (primary N) is 2. The van der Waals surface area contributed by atoms with Gasteiger partial charge in [-0.15, -0.1) is 0 Å². The number of primary amides is 1. The van der Waals surface area contributed by atoms with Crippen molar-refractivity contribution in [3.8, 4) is 0 Å². The van der Waals surface area contributed by atoms with Crippen LogP contribution in [0.3, 0.4) is 0 Å². The van der Waals surface area contributed by atoms with Gasteiger partial charge in [0.05, 0.1) is 16.3 Å². The van der Waals surface area contributed by atoms with Crippen LogP contribution in [-0.2, 0) is 0 Å². The molecule has 1 aliphatic rings. The Labute approximate surface area is 124 Å². The summed E-state index contributed by atoms with van der Waals surface area (Å²) in [6, 6.07) is 3.21. The van der Waals surface area contributed by atoms with Gasteiger partial charge in [0, 0.05) is 12.2 Å². The fourth-order valence-electron chi connectivity index (χ4n) is 2.99. The third-order valence-corrected chi connectivity index (χ3v) is 4.29. The number of nitrogens with one attached hydrogen (secondary N) is 1. The van der Waals surface area contributed by atoms with Crippen LogP contribution in [0.4, 0.5) is 11.4 Å². The Kier molecular flexibility index (Phi) is 4.76. The van der Waals surface area contributed by atoms with Gasteiger partial charge >= 0.3 is 0 Å². The molecule has 1 saturated carbocycles. The summed E-state index contributed by atoms with van der Waals surface area (Å²) >= 11 is 6.17. The zero-order valence-corrected chi connectivity index (χ0v) is 12.5. The number of nitrogen functional groups attached to an aromatic ring is 1. The highest BCUT2D eigenvalue weighted by Crippen LogP contribution is 2.32. The largest absolute Gasteiger partial charge is 0.399 e. The van der Waals surface area contributed by atoms with Crippen LogP contribution in [0.1, 0.15) is 43.0 Å². The summed E-state index contributed by atoms with van der Waals surface area (Å²) in [7, 11) is 0. The number of benzene rings is 1. The summed E-state index contributed by atoms with van der Waals surface area (Å²) in [5, 5.41) is 3.74. The van der Waals surface area contributed by atoms with Crippen LogP contribution in [0.2, 0.25) is 5.02 Å². The van der Waals surface area contributed by atoms with E-state index in [1.165, 1.54) is 25.7 Å². The van der Waals surface area contributed by atoms with Gasteiger partial charge in [-0.25, -0.2) is 0 Å². The van der Waals surface area contributed by atoms with Crippen molar-refractivity contribution in [2.75, 3.05) is 17.6 Å². The van der Waals surface area contributed by atoms with E-state index >= 15 is 0 Å². The lowest BCUT2D eigenvalue weighted by atomic mass is 9.82. The van der Waals surface area contributed by atoms with E-state index in [2.05, 4.69) is 12.2 Å². The van der Waals surface area contributed by atoms with E-state index < -0.39 is 5.91 Å². The standard InChI is InChI=1S/C15H22ClN3O/c1-9-3-2-4-10(5-9)8-19-14-12(15(18)20)6-11(17)7-13(14)16/h6-7,9-10,19H,2-5,8,17H2,1H3,(H2,18,20). The van der Waals surface area contributed by atoms with Crippen molar-refractivity contribution in [3.63, 3.8) is 0 Å². The lowest BCUT2D eigenvalue weighted by Gasteiger charge is -2.27. The van der Waals surface area contributed by atoms with Gasteiger partial charge in [-0.2, -0.15) is 0 Å². The second-order valence-corrected chi connectivity index (χ2v) is 6.22. The molecule has 5 heteroatoms. The van der Waals surface area contributed by atoms with E-state index in [-0.39, 0.29) is 0 Å². The predicted octanol–water partition coefficient (Wildman–Crippen LogP) is 3.26. The lowest BCUT2D eigenvalue weighted by Crippen LogP contribution is -2.23. The number of carbonyl (C=O) groups excluding carboxylic acids is 1. The van der Waals surface area contributed by atoms with Crippen LogP contribution in [0.25, 0.3) is 0 Å². The molecule has 1 aromatic rings. The molecular formula is C15H22ClN3O. The van der Waals surface area contributed by atoms with Crippen molar-refractivity contribution >= 4 is 28.9 Å². The molecule has 1 aromatic carbocycles. The van der Waals surface area contributed by atoms with Crippen molar-refractivity contribution in [1.82, 2.24) is 0 Å². The number of halogens is 1. The average Bonchev–Trinajstić information content (AvgIpc) is 2.36. The number of amides is 1. The number of hydrogen-bond acceptors (Lipinski definition) is 3. The first kappa shape index (κ1) is 15.0. The van der Waals surface area contributed by atoms with Gasteiger partial charge in [-0.3, -0.25) is 4.79 Å². The quantitative estimate of drug-likeness (QED) is 0.746. The second-order valence-electron chi connectivity index (χ2n) is 5.81. The van der Waals surface area contributed by atoms with E-state index in [0.29, 0.717) is 27.9 Å². The average molecular weight is 296 g/mol. The van der Waals surface area contributed by atoms with E-state index in [9.17, 15) is 4.79 Å². The molecule has 1 fully saturated rings. The van der Waals surface area contributed by atoms with Crippen LogP contribution in [-0.4, -0.2) is 12.5 Å². The number of carbonyl (C=O) groups is 1. The molecule has 0 saturated heterocycles. The van der Waals surface area contributed by atoms with Gasteiger partial charge in [-0.05, 0) is 36.8 Å². The van der Waals surface area contributed by atoms with Gasteiger partial charge in [0.15, 0.2) is 0 Å². The van der Waals surface area contributed by atoms with E-state index in [4.69, 9.17) is 23.1 Å². The topological polar surface area (TPSA) is 81.1 Å². The summed E-state index contributed by atoms with van der Waals surface area (Å²) < 4.78 is 0. The highest BCUT2D eigenvalue weighted by Gasteiger charge is 2.20. The first-order valence-electron chi connectivity index (χ1n) is 7.10. The van der Waals surface area contributed by atoms with E-state index in [0.717, 1.165) is 12.5 Å². The number of hydrogen-bond donors (Lipinski definition) is 3. The molecule has 2 unspecified atom stereocenters. The Bertz CT molecular complexity index is 504. The maximum absolute atomic E-state index is 11.5. The normalized spacial score (nSPS) is 22.5.